The van der Waals surface area contributed by atoms with Crippen molar-refractivity contribution in [2.24, 2.45) is 0 Å². The number of para-hydroxylation sites is 1. The summed E-state index contributed by atoms with van der Waals surface area (Å²) in [5.74, 6) is 1.51. The van der Waals surface area contributed by atoms with Crippen LogP contribution in [0.3, 0.4) is 0 Å². The number of hydrogen-bond donors (Lipinski definition) is 1. The molecule has 116 valence electrons. The summed E-state index contributed by atoms with van der Waals surface area (Å²) in [4.78, 5) is 0. The maximum absolute atomic E-state index is 10.5. The van der Waals surface area contributed by atoms with Gasteiger partial charge in [-0.05, 0) is 30.7 Å². The van der Waals surface area contributed by atoms with E-state index in [-0.39, 0.29) is 0 Å². The third-order valence-corrected chi connectivity index (χ3v) is 3.41. The van der Waals surface area contributed by atoms with E-state index in [1.165, 1.54) is 0 Å². The van der Waals surface area contributed by atoms with Crippen LogP contribution in [0, 0.1) is 0 Å². The summed E-state index contributed by atoms with van der Waals surface area (Å²) in [5, 5.41) is 10.5. The molecule has 2 aromatic rings. The summed E-state index contributed by atoms with van der Waals surface area (Å²) in [6, 6.07) is 15.3. The smallest absolute Gasteiger partial charge is 0.125 e. The first-order chi connectivity index (χ1) is 10.7. The quantitative estimate of drug-likeness (QED) is 0.787. The minimum atomic E-state index is -0.617. The fourth-order valence-corrected chi connectivity index (χ4v) is 2.25. The minimum absolute atomic E-state index is 0.499. The van der Waals surface area contributed by atoms with Gasteiger partial charge in [-0.15, -0.1) is 0 Å². The Hall–Kier alpha value is -2.26. The zero-order valence-corrected chi connectivity index (χ0v) is 13.0. The van der Waals surface area contributed by atoms with Crippen LogP contribution in [0.4, 0.5) is 0 Å². The van der Waals surface area contributed by atoms with E-state index < -0.39 is 6.10 Å². The highest BCUT2D eigenvalue weighted by atomic mass is 16.5. The zero-order valence-electron chi connectivity index (χ0n) is 13.0. The lowest BCUT2D eigenvalue weighted by atomic mass is 10.0. The highest BCUT2D eigenvalue weighted by Crippen LogP contribution is 2.28. The van der Waals surface area contributed by atoms with E-state index in [9.17, 15) is 5.11 Å². The number of allylic oxidation sites excluding steroid dienone is 1. The molecule has 0 aromatic heterocycles. The molecule has 1 atom stereocenters. The van der Waals surface area contributed by atoms with Crippen molar-refractivity contribution in [3.8, 4) is 11.5 Å². The van der Waals surface area contributed by atoms with Crippen molar-refractivity contribution in [2.75, 3.05) is 13.7 Å². The third-order valence-electron chi connectivity index (χ3n) is 3.41. The molecule has 0 radical (unpaired) electrons. The summed E-state index contributed by atoms with van der Waals surface area (Å²) < 4.78 is 10.9. The van der Waals surface area contributed by atoms with Crippen molar-refractivity contribution in [3.63, 3.8) is 0 Å². The molecule has 0 heterocycles. The predicted octanol–water partition coefficient (Wildman–Crippen LogP) is 3.93. The Morgan fingerprint density at radius 3 is 2.73 bits per heavy atom. The van der Waals surface area contributed by atoms with Crippen LogP contribution in [0.5, 0.6) is 11.5 Å². The molecule has 1 unspecified atom stereocenters. The Morgan fingerprint density at radius 2 is 1.95 bits per heavy atom. The lowest BCUT2D eigenvalue weighted by Gasteiger charge is -2.16. The molecule has 0 spiro atoms. The van der Waals surface area contributed by atoms with Gasteiger partial charge in [0.15, 0.2) is 0 Å². The first-order valence-corrected chi connectivity index (χ1v) is 7.38. The maximum atomic E-state index is 10.5. The molecule has 2 aromatic carbocycles. The van der Waals surface area contributed by atoms with Crippen molar-refractivity contribution in [2.45, 2.75) is 19.4 Å². The standard InChI is InChI=1S/C19H22O3/c1-3-4-12-22-19-11-6-5-10-17(19)18(20)14-15-8-7-9-16(13-15)21-2/h3-11,13,18,20H,12,14H2,1-2H3/b4-3-. The lowest BCUT2D eigenvalue weighted by Crippen LogP contribution is -2.05. The van der Waals surface area contributed by atoms with Crippen molar-refractivity contribution in [1.82, 2.24) is 0 Å². The second-order valence-electron chi connectivity index (χ2n) is 4.99. The van der Waals surface area contributed by atoms with Gasteiger partial charge in [0.25, 0.3) is 0 Å². The Labute approximate surface area is 131 Å². The van der Waals surface area contributed by atoms with Crippen molar-refractivity contribution in [3.05, 3.63) is 71.8 Å². The third kappa shape index (κ3) is 4.37. The second kappa shape index (κ2) is 8.25. The van der Waals surface area contributed by atoms with Gasteiger partial charge < -0.3 is 14.6 Å². The molecule has 0 saturated heterocycles. The fraction of sp³-hybridized carbons (Fsp3) is 0.263. The summed E-state index contributed by atoms with van der Waals surface area (Å²) in [6.07, 6.45) is 3.77. The molecule has 0 fully saturated rings. The number of hydrogen-bond acceptors (Lipinski definition) is 3. The highest BCUT2D eigenvalue weighted by molar-refractivity contribution is 5.37. The van der Waals surface area contributed by atoms with Gasteiger partial charge in [0.1, 0.15) is 18.1 Å². The molecule has 0 aliphatic carbocycles. The zero-order chi connectivity index (χ0) is 15.8. The van der Waals surface area contributed by atoms with E-state index in [1.54, 1.807) is 7.11 Å². The second-order valence-corrected chi connectivity index (χ2v) is 4.99. The number of aliphatic hydroxyl groups excluding tert-OH is 1. The summed E-state index contributed by atoms with van der Waals surface area (Å²) in [6.45, 7) is 2.45. The molecular formula is C19H22O3. The molecule has 0 bridgehead atoms. The lowest BCUT2D eigenvalue weighted by molar-refractivity contribution is 0.173. The van der Waals surface area contributed by atoms with Crippen LogP contribution in [0.15, 0.2) is 60.7 Å². The van der Waals surface area contributed by atoms with Crippen LogP contribution in [0.1, 0.15) is 24.2 Å². The van der Waals surface area contributed by atoms with Crippen LogP contribution < -0.4 is 9.47 Å². The Morgan fingerprint density at radius 1 is 1.14 bits per heavy atom. The van der Waals surface area contributed by atoms with Gasteiger partial charge in [0.05, 0.1) is 13.2 Å². The molecule has 0 aliphatic rings. The topological polar surface area (TPSA) is 38.7 Å². The largest absolute Gasteiger partial charge is 0.497 e. The molecule has 2 rings (SSSR count). The molecule has 3 nitrogen and oxygen atoms in total. The summed E-state index contributed by atoms with van der Waals surface area (Å²) >= 11 is 0. The monoisotopic (exact) mass is 298 g/mol. The van der Waals surface area contributed by atoms with Gasteiger partial charge in [-0.1, -0.05) is 42.5 Å². The Bertz CT molecular complexity index is 620. The van der Waals surface area contributed by atoms with Gasteiger partial charge in [0, 0.05) is 12.0 Å². The number of ether oxygens (including phenoxy) is 2. The number of methoxy groups -OCH3 is 1. The number of rotatable bonds is 7. The normalized spacial score (nSPS) is 12.3. The Balaban J connectivity index is 2.12. The summed E-state index contributed by atoms with van der Waals surface area (Å²) in [7, 11) is 1.64. The first kappa shape index (κ1) is 16.1. The van der Waals surface area contributed by atoms with Crippen LogP contribution in [0.25, 0.3) is 0 Å². The van der Waals surface area contributed by atoms with E-state index in [2.05, 4.69) is 0 Å². The van der Waals surface area contributed by atoms with E-state index in [4.69, 9.17) is 9.47 Å². The fourth-order valence-electron chi connectivity index (χ4n) is 2.25. The molecular weight excluding hydrogens is 276 g/mol. The van der Waals surface area contributed by atoms with Crippen molar-refractivity contribution in [1.29, 1.82) is 0 Å². The first-order valence-electron chi connectivity index (χ1n) is 7.38. The highest BCUT2D eigenvalue weighted by Gasteiger charge is 2.14. The predicted molar refractivity (Wildman–Crippen MR) is 88.4 cm³/mol. The number of benzene rings is 2. The molecule has 0 saturated carbocycles. The van der Waals surface area contributed by atoms with Gasteiger partial charge >= 0.3 is 0 Å². The van der Waals surface area contributed by atoms with Gasteiger partial charge in [-0.2, -0.15) is 0 Å². The summed E-state index contributed by atoms with van der Waals surface area (Å²) in [5.41, 5.74) is 1.82. The van der Waals surface area contributed by atoms with Gasteiger partial charge in [-0.25, -0.2) is 0 Å². The van der Waals surface area contributed by atoms with E-state index in [0.717, 1.165) is 22.6 Å². The van der Waals surface area contributed by atoms with Crippen LogP contribution >= 0.6 is 0 Å². The minimum Gasteiger partial charge on any atom is -0.497 e. The Kier molecular flexibility index (Phi) is 6.04. The van der Waals surface area contributed by atoms with Crippen LogP contribution in [-0.2, 0) is 6.42 Å². The number of aliphatic hydroxyl groups is 1. The van der Waals surface area contributed by atoms with E-state index in [1.807, 2.05) is 67.6 Å². The van der Waals surface area contributed by atoms with E-state index >= 15 is 0 Å². The van der Waals surface area contributed by atoms with Crippen molar-refractivity contribution < 1.29 is 14.6 Å². The van der Waals surface area contributed by atoms with Crippen LogP contribution in [-0.4, -0.2) is 18.8 Å². The van der Waals surface area contributed by atoms with E-state index in [0.29, 0.717) is 13.0 Å². The molecule has 3 heteroatoms. The molecule has 22 heavy (non-hydrogen) atoms. The average molecular weight is 298 g/mol. The average Bonchev–Trinajstić information content (AvgIpc) is 2.55. The SMILES string of the molecule is C/C=C\COc1ccccc1C(O)Cc1cccc(OC)c1. The van der Waals surface area contributed by atoms with Gasteiger partial charge in [0.2, 0.25) is 0 Å². The van der Waals surface area contributed by atoms with Gasteiger partial charge in [-0.3, -0.25) is 0 Å². The molecule has 0 aliphatic heterocycles. The molecule has 0 amide bonds. The van der Waals surface area contributed by atoms with Crippen LogP contribution in [0.2, 0.25) is 0 Å². The van der Waals surface area contributed by atoms with Crippen molar-refractivity contribution >= 4 is 0 Å². The molecule has 1 N–H and O–H groups in total. The maximum Gasteiger partial charge on any atom is 0.125 e.